The fourth-order valence-electron chi connectivity index (χ4n) is 3.27. The van der Waals surface area contributed by atoms with Gasteiger partial charge >= 0.3 is 0 Å². The molecule has 0 saturated carbocycles. The van der Waals surface area contributed by atoms with Crippen molar-refractivity contribution in [3.05, 3.63) is 57.1 Å². The highest BCUT2D eigenvalue weighted by molar-refractivity contribution is 9.10. The molecule has 3 N–H and O–H groups in total. The lowest BCUT2D eigenvalue weighted by atomic mass is 9.95. The smallest absolute Gasteiger partial charge is 0.293 e. The van der Waals surface area contributed by atoms with Crippen LogP contribution in [0.25, 0.3) is 0 Å². The first kappa shape index (κ1) is 21.2. The third-order valence-electron chi connectivity index (χ3n) is 4.79. The van der Waals surface area contributed by atoms with Gasteiger partial charge in [0.05, 0.1) is 9.82 Å². The molecule has 3 rings (SSSR count). The Labute approximate surface area is 176 Å². The summed E-state index contributed by atoms with van der Waals surface area (Å²) >= 11 is 3.25. The second-order valence-corrected chi connectivity index (χ2v) is 9.19. The van der Waals surface area contributed by atoms with Gasteiger partial charge in [0.15, 0.2) is 0 Å². The summed E-state index contributed by atoms with van der Waals surface area (Å²) in [6.07, 6.45) is 1.10. The first-order chi connectivity index (χ1) is 13.6. The number of hydrogen-bond donors (Lipinski definition) is 2. The Morgan fingerprint density at radius 3 is 2.34 bits per heavy atom. The van der Waals surface area contributed by atoms with Gasteiger partial charge in [-0.1, -0.05) is 15.9 Å². The van der Waals surface area contributed by atoms with E-state index in [1.807, 2.05) is 4.90 Å². The second kappa shape index (κ2) is 8.47. The molecule has 0 spiro atoms. The molecule has 154 valence electrons. The number of benzene rings is 2. The van der Waals surface area contributed by atoms with Crippen molar-refractivity contribution in [2.24, 2.45) is 11.1 Å². The number of primary sulfonamides is 1. The lowest BCUT2D eigenvalue weighted by Gasteiger charge is -2.32. The first-order valence-electron chi connectivity index (χ1n) is 8.78. The predicted octanol–water partition coefficient (Wildman–Crippen LogP) is 2.86. The van der Waals surface area contributed by atoms with E-state index in [1.165, 1.54) is 30.3 Å². The van der Waals surface area contributed by atoms with Crippen LogP contribution in [0, 0.1) is 16.0 Å². The van der Waals surface area contributed by atoms with Crippen LogP contribution < -0.4 is 15.4 Å². The number of nitrogens with two attached hydrogens (primary N) is 1. The molecule has 9 nitrogen and oxygen atoms in total. The van der Waals surface area contributed by atoms with Gasteiger partial charge in [-0.05, 0) is 49.2 Å². The van der Waals surface area contributed by atoms with E-state index in [2.05, 4.69) is 21.2 Å². The molecule has 11 heteroatoms. The molecule has 1 aliphatic heterocycles. The monoisotopic (exact) mass is 482 g/mol. The summed E-state index contributed by atoms with van der Waals surface area (Å²) in [7, 11) is -3.78. The molecule has 1 heterocycles. The third kappa shape index (κ3) is 5.11. The van der Waals surface area contributed by atoms with Crippen LogP contribution in [-0.2, 0) is 14.8 Å². The number of hydrogen-bond acceptors (Lipinski definition) is 6. The minimum atomic E-state index is -3.78. The molecule has 0 unspecified atom stereocenters. The van der Waals surface area contributed by atoms with E-state index in [1.54, 1.807) is 12.1 Å². The van der Waals surface area contributed by atoms with E-state index in [9.17, 15) is 23.3 Å². The molecule has 1 aliphatic rings. The summed E-state index contributed by atoms with van der Waals surface area (Å²) in [4.78, 5) is 25.3. The molecule has 1 amide bonds. The summed E-state index contributed by atoms with van der Waals surface area (Å²) in [5.74, 6) is -0.406. The summed E-state index contributed by atoms with van der Waals surface area (Å²) in [5, 5.41) is 19.2. The molecule has 1 fully saturated rings. The van der Waals surface area contributed by atoms with E-state index >= 15 is 0 Å². The fourth-order valence-corrected chi connectivity index (χ4v) is 4.13. The van der Waals surface area contributed by atoms with Gasteiger partial charge in [0, 0.05) is 35.2 Å². The normalized spacial score (nSPS) is 15.2. The lowest BCUT2D eigenvalue weighted by Crippen LogP contribution is -2.38. The highest BCUT2D eigenvalue weighted by Crippen LogP contribution is 2.34. The summed E-state index contributed by atoms with van der Waals surface area (Å²) < 4.78 is 23.2. The third-order valence-corrected chi connectivity index (χ3v) is 6.21. The zero-order valence-corrected chi connectivity index (χ0v) is 17.6. The largest absolute Gasteiger partial charge is 0.366 e. The van der Waals surface area contributed by atoms with Crippen molar-refractivity contribution in [2.45, 2.75) is 17.7 Å². The molecule has 0 radical (unpaired) electrons. The van der Waals surface area contributed by atoms with Gasteiger partial charge in [-0.15, -0.1) is 0 Å². The van der Waals surface area contributed by atoms with E-state index in [0.29, 0.717) is 41.8 Å². The average molecular weight is 483 g/mol. The Morgan fingerprint density at radius 2 is 1.79 bits per heavy atom. The second-order valence-electron chi connectivity index (χ2n) is 6.71. The van der Waals surface area contributed by atoms with Crippen LogP contribution in [0.15, 0.2) is 51.8 Å². The SMILES string of the molecule is NS(=O)(=O)c1ccc(NC(=O)C2CCN(c3ccc(Br)cc3[N+](=O)[O-])CC2)cc1. The standard InChI is InChI=1S/C18H19BrN4O5S/c19-13-1-6-16(17(11-13)23(25)26)22-9-7-12(8-10-22)18(24)21-14-2-4-15(5-3-14)29(20,27)28/h1-6,11-12H,7-10H2,(H,21,24)(H2,20,27,28). The number of nitro benzene ring substituents is 1. The van der Waals surface area contributed by atoms with Crippen LogP contribution in [0.3, 0.4) is 0 Å². The van der Waals surface area contributed by atoms with Crippen molar-refractivity contribution in [3.8, 4) is 0 Å². The molecule has 2 aromatic rings. The van der Waals surface area contributed by atoms with Gasteiger partial charge in [-0.3, -0.25) is 14.9 Å². The molecule has 0 bridgehead atoms. The highest BCUT2D eigenvalue weighted by atomic mass is 79.9. The van der Waals surface area contributed by atoms with Crippen molar-refractivity contribution in [1.29, 1.82) is 0 Å². The maximum atomic E-state index is 12.5. The topological polar surface area (TPSA) is 136 Å². The minimum Gasteiger partial charge on any atom is -0.366 e. The molecular formula is C18H19BrN4O5S. The first-order valence-corrected chi connectivity index (χ1v) is 11.1. The number of amides is 1. The van der Waals surface area contributed by atoms with Crippen LogP contribution in [-0.4, -0.2) is 32.3 Å². The predicted molar refractivity (Wildman–Crippen MR) is 112 cm³/mol. The number of sulfonamides is 1. The zero-order chi connectivity index (χ0) is 21.2. The maximum absolute atomic E-state index is 12.5. The number of nitrogens with zero attached hydrogens (tertiary/aromatic N) is 2. The van der Waals surface area contributed by atoms with Crippen LogP contribution in [0.5, 0.6) is 0 Å². The van der Waals surface area contributed by atoms with Gasteiger partial charge in [-0.2, -0.15) is 0 Å². The van der Waals surface area contributed by atoms with E-state index < -0.39 is 14.9 Å². The highest BCUT2D eigenvalue weighted by Gasteiger charge is 2.28. The average Bonchev–Trinajstić information content (AvgIpc) is 2.67. The molecule has 0 aliphatic carbocycles. The Hall–Kier alpha value is -2.50. The van der Waals surface area contributed by atoms with Crippen molar-refractivity contribution in [1.82, 2.24) is 0 Å². The number of nitrogens with one attached hydrogen (secondary N) is 1. The van der Waals surface area contributed by atoms with E-state index in [0.717, 1.165) is 0 Å². The quantitative estimate of drug-likeness (QED) is 0.496. The Kier molecular flexibility index (Phi) is 6.20. The fraction of sp³-hybridized carbons (Fsp3) is 0.278. The minimum absolute atomic E-state index is 0.0252. The Balaban J connectivity index is 1.62. The van der Waals surface area contributed by atoms with Gasteiger partial charge < -0.3 is 10.2 Å². The number of carbonyl (C=O) groups excluding carboxylic acids is 1. The van der Waals surface area contributed by atoms with Crippen molar-refractivity contribution in [2.75, 3.05) is 23.3 Å². The summed E-state index contributed by atoms with van der Waals surface area (Å²) in [5.41, 5.74) is 1.04. The van der Waals surface area contributed by atoms with Gasteiger partial charge in [0.2, 0.25) is 15.9 Å². The van der Waals surface area contributed by atoms with Crippen molar-refractivity contribution in [3.63, 3.8) is 0 Å². The van der Waals surface area contributed by atoms with E-state index in [-0.39, 0.29) is 22.4 Å². The number of halogens is 1. The van der Waals surface area contributed by atoms with Gasteiger partial charge in [0.1, 0.15) is 5.69 Å². The summed E-state index contributed by atoms with van der Waals surface area (Å²) in [6, 6.07) is 10.6. The van der Waals surface area contributed by atoms with Gasteiger partial charge in [-0.25, -0.2) is 13.6 Å². The molecule has 29 heavy (non-hydrogen) atoms. The number of piperidine rings is 1. The lowest BCUT2D eigenvalue weighted by molar-refractivity contribution is -0.384. The summed E-state index contributed by atoms with van der Waals surface area (Å²) in [6.45, 7) is 1.04. The number of nitro groups is 1. The molecule has 2 aromatic carbocycles. The van der Waals surface area contributed by atoms with Gasteiger partial charge in [0.25, 0.3) is 5.69 Å². The Morgan fingerprint density at radius 1 is 1.17 bits per heavy atom. The molecular weight excluding hydrogens is 464 g/mol. The zero-order valence-electron chi connectivity index (χ0n) is 15.2. The Bertz CT molecular complexity index is 1030. The maximum Gasteiger partial charge on any atom is 0.293 e. The number of rotatable bonds is 5. The molecule has 0 aromatic heterocycles. The van der Waals surface area contributed by atoms with Crippen LogP contribution in [0.2, 0.25) is 0 Å². The van der Waals surface area contributed by atoms with Crippen molar-refractivity contribution >= 4 is 48.9 Å². The van der Waals surface area contributed by atoms with Crippen LogP contribution >= 0.6 is 15.9 Å². The van der Waals surface area contributed by atoms with Crippen LogP contribution in [0.1, 0.15) is 12.8 Å². The van der Waals surface area contributed by atoms with E-state index in [4.69, 9.17) is 5.14 Å². The van der Waals surface area contributed by atoms with Crippen molar-refractivity contribution < 1.29 is 18.1 Å². The molecule has 1 saturated heterocycles. The number of carbonyl (C=O) groups is 1. The van der Waals surface area contributed by atoms with Crippen LogP contribution in [0.4, 0.5) is 17.1 Å². The number of anilines is 2. The molecule has 0 atom stereocenters.